The molecule has 1 N–H and O–H groups in total. The summed E-state index contributed by atoms with van der Waals surface area (Å²) in [5.74, 6) is 0.884. The smallest absolute Gasteiger partial charge is 0.330 e. The number of H-pyrrole nitrogens is 1. The maximum atomic E-state index is 12.7. The number of pyridine rings is 1. The summed E-state index contributed by atoms with van der Waals surface area (Å²) < 4.78 is 3.41. The molecule has 3 heterocycles. The molecule has 9 heteroatoms. The van der Waals surface area contributed by atoms with Crippen LogP contribution in [0.2, 0.25) is 0 Å². The van der Waals surface area contributed by atoms with Gasteiger partial charge < -0.3 is 9.47 Å². The Morgan fingerprint density at radius 1 is 1.22 bits per heavy atom. The van der Waals surface area contributed by atoms with Crippen LogP contribution < -0.4 is 11.2 Å². The number of hydrogen-bond acceptors (Lipinski definition) is 5. The Hall–Kier alpha value is -3.23. The van der Waals surface area contributed by atoms with E-state index in [2.05, 4.69) is 28.8 Å². The number of amides is 1. The molecule has 0 spiro atoms. The fourth-order valence-electron chi connectivity index (χ4n) is 3.73. The van der Waals surface area contributed by atoms with Crippen LogP contribution in [0.1, 0.15) is 51.6 Å². The van der Waals surface area contributed by atoms with Crippen molar-refractivity contribution in [1.82, 2.24) is 29.0 Å². The second-order valence-corrected chi connectivity index (χ2v) is 8.54. The summed E-state index contributed by atoms with van der Waals surface area (Å²) in [4.78, 5) is 50.9. The molecule has 0 unspecified atom stereocenters. The van der Waals surface area contributed by atoms with Gasteiger partial charge >= 0.3 is 5.69 Å². The average molecular weight is 441 g/mol. The van der Waals surface area contributed by atoms with Gasteiger partial charge in [-0.05, 0) is 24.5 Å². The highest BCUT2D eigenvalue weighted by Gasteiger charge is 2.20. The number of nitrogens with zero attached hydrogens (tertiary/aromatic N) is 5. The molecule has 0 saturated heterocycles. The highest BCUT2D eigenvalue weighted by Crippen LogP contribution is 2.16. The lowest BCUT2D eigenvalue weighted by atomic mass is 10.2. The molecule has 0 fully saturated rings. The van der Waals surface area contributed by atoms with Gasteiger partial charge in [-0.2, -0.15) is 0 Å². The number of aromatic amines is 1. The average Bonchev–Trinajstić information content (AvgIpc) is 3.10. The van der Waals surface area contributed by atoms with Crippen molar-refractivity contribution in [3.05, 3.63) is 56.8 Å². The van der Waals surface area contributed by atoms with Crippen LogP contribution in [-0.2, 0) is 30.8 Å². The van der Waals surface area contributed by atoms with Gasteiger partial charge in [0.25, 0.3) is 5.56 Å². The third-order valence-corrected chi connectivity index (χ3v) is 5.36. The molecular weight excluding hydrogens is 408 g/mol. The van der Waals surface area contributed by atoms with E-state index in [9.17, 15) is 14.4 Å². The van der Waals surface area contributed by atoms with E-state index < -0.39 is 11.2 Å². The SMILES string of the molecule is CCCCn1c(=O)[nH]c(=O)c2c1nc(CCC(=O)N(C)Cc1ccccn1)n2CC(C)C. The first-order chi connectivity index (χ1) is 15.3. The molecule has 3 aromatic rings. The van der Waals surface area contributed by atoms with E-state index in [1.807, 2.05) is 29.7 Å². The maximum Gasteiger partial charge on any atom is 0.330 e. The van der Waals surface area contributed by atoms with Crippen LogP contribution in [0.25, 0.3) is 11.2 Å². The first-order valence-corrected chi connectivity index (χ1v) is 11.2. The summed E-state index contributed by atoms with van der Waals surface area (Å²) in [6.07, 6.45) is 4.07. The van der Waals surface area contributed by atoms with Crippen LogP contribution in [0, 0.1) is 5.92 Å². The Morgan fingerprint density at radius 3 is 2.66 bits per heavy atom. The zero-order valence-electron chi connectivity index (χ0n) is 19.3. The molecule has 1 amide bonds. The molecule has 172 valence electrons. The van der Waals surface area contributed by atoms with Gasteiger partial charge in [-0.1, -0.05) is 33.3 Å². The van der Waals surface area contributed by atoms with E-state index in [4.69, 9.17) is 0 Å². The Morgan fingerprint density at radius 2 is 2.00 bits per heavy atom. The lowest BCUT2D eigenvalue weighted by Gasteiger charge is -2.17. The van der Waals surface area contributed by atoms with E-state index in [0.717, 1.165) is 18.5 Å². The summed E-state index contributed by atoms with van der Waals surface area (Å²) in [5.41, 5.74) is 0.747. The molecule has 0 aliphatic rings. The number of unbranched alkanes of at least 4 members (excludes halogenated alkanes) is 1. The predicted octanol–water partition coefficient (Wildman–Crippen LogP) is 2.33. The Labute approximate surface area is 187 Å². The van der Waals surface area contributed by atoms with Gasteiger partial charge in [-0.15, -0.1) is 0 Å². The first-order valence-electron chi connectivity index (χ1n) is 11.2. The number of hydrogen-bond donors (Lipinski definition) is 1. The summed E-state index contributed by atoms with van der Waals surface area (Å²) in [7, 11) is 1.75. The fourth-order valence-corrected chi connectivity index (χ4v) is 3.73. The number of aryl methyl sites for hydroxylation is 2. The summed E-state index contributed by atoms with van der Waals surface area (Å²) >= 11 is 0. The Kier molecular flexibility index (Phi) is 7.61. The van der Waals surface area contributed by atoms with E-state index in [-0.39, 0.29) is 18.2 Å². The van der Waals surface area contributed by atoms with Crippen molar-refractivity contribution in [2.24, 2.45) is 5.92 Å². The molecule has 0 aromatic carbocycles. The van der Waals surface area contributed by atoms with Crippen molar-refractivity contribution in [3.63, 3.8) is 0 Å². The first kappa shape index (κ1) is 23.4. The molecule has 0 radical (unpaired) electrons. The van der Waals surface area contributed by atoms with Crippen molar-refractivity contribution < 1.29 is 4.79 Å². The number of imidazole rings is 1. The third-order valence-electron chi connectivity index (χ3n) is 5.36. The van der Waals surface area contributed by atoms with Crippen molar-refractivity contribution >= 4 is 17.1 Å². The minimum atomic E-state index is -0.442. The summed E-state index contributed by atoms with van der Waals surface area (Å²) in [6, 6.07) is 5.62. The van der Waals surface area contributed by atoms with Gasteiger partial charge in [0.2, 0.25) is 5.91 Å². The molecule has 3 rings (SSSR count). The lowest BCUT2D eigenvalue weighted by molar-refractivity contribution is -0.130. The van der Waals surface area contributed by atoms with Crippen LogP contribution >= 0.6 is 0 Å². The van der Waals surface area contributed by atoms with Crippen molar-refractivity contribution in [3.8, 4) is 0 Å². The standard InChI is InChI=1S/C23H32N6O3/c1-5-6-13-28-21-20(22(31)26-23(28)32)29(14-16(2)3)18(25-21)10-11-19(30)27(4)15-17-9-7-8-12-24-17/h7-9,12,16H,5-6,10-11,13-15H2,1-4H3,(H,26,31,32). The monoisotopic (exact) mass is 440 g/mol. The van der Waals surface area contributed by atoms with Crippen LogP contribution in [0.3, 0.4) is 0 Å². The van der Waals surface area contributed by atoms with E-state index in [1.54, 1.807) is 18.1 Å². The molecule has 3 aromatic heterocycles. The zero-order chi connectivity index (χ0) is 23.3. The van der Waals surface area contributed by atoms with Gasteiger partial charge in [-0.25, -0.2) is 9.78 Å². The Bertz CT molecular complexity index is 1180. The minimum absolute atomic E-state index is 0.0314. The Balaban J connectivity index is 1.89. The molecule has 0 atom stereocenters. The second kappa shape index (κ2) is 10.4. The maximum absolute atomic E-state index is 12.7. The van der Waals surface area contributed by atoms with Gasteiger partial charge in [0.1, 0.15) is 5.82 Å². The van der Waals surface area contributed by atoms with E-state index in [1.165, 1.54) is 4.57 Å². The zero-order valence-corrected chi connectivity index (χ0v) is 19.3. The quantitative estimate of drug-likeness (QED) is 0.521. The molecule has 0 bridgehead atoms. The highest BCUT2D eigenvalue weighted by molar-refractivity contribution is 5.76. The molecule has 0 aliphatic heterocycles. The molecule has 0 saturated carbocycles. The topological polar surface area (TPSA) is 106 Å². The molecule has 9 nitrogen and oxygen atoms in total. The highest BCUT2D eigenvalue weighted by atomic mass is 16.2. The van der Waals surface area contributed by atoms with E-state index in [0.29, 0.717) is 43.0 Å². The van der Waals surface area contributed by atoms with Crippen molar-refractivity contribution in [2.75, 3.05) is 7.05 Å². The summed E-state index contributed by atoms with van der Waals surface area (Å²) in [5, 5.41) is 0. The fraction of sp³-hybridized carbons (Fsp3) is 0.522. The second-order valence-electron chi connectivity index (χ2n) is 8.54. The van der Waals surface area contributed by atoms with Crippen LogP contribution in [0.15, 0.2) is 34.0 Å². The number of carbonyl (C=O) groups is 1. The van der Waals surface area contributed by atoms with Crippen molar-refractivity contribution in [2.45, 2.75) is 66.1 Å². The minimum Gasteiger partial charge on any atom is -0.340 e. The van der Waals surface area contributed by atoms with Crippen molar-refractivity contribution in [1.29, 1.82) is 0 Å². The third kappa shape index (κ3) is 5.33. The van der Waals surface area contributed by atoms with Crippen LogP contribution in [0.4, 0.5) is 0 Å². The van der Waals surface area contributed by atoms with Crippen LogP contribution in [-0.4, -0.2) is 41.9 Å². The lowest BCUT2D eigenvalue weighted by Crippen LogP contribution is -2.31. The van der Waals surface area contributed by atoms with Gasteiger partial charge in [0.05, 0.1) is 12.2 Å². The molecule has 32 heavy (non-hydrogen) atoms. The molecular formula is C23H32N6O3. The number of nitrogens with one attached hydrogen (secondary N) is 1. The van der Waals surface area contributed by atoms with Gasteiger partial charge in [-0.3, -0.25) is 24.1 Å². The largest absolute Gasteiger partial charge is 0.340 e. The molecule has 0 aliphatic carbocycles. The normalized spacial score (nSPS) is 11.4. The van der Waals surface area contributed by atoms with Gasteiger partial charge in [0.15, 0.2) is 11.2 Å². The summed E-state index contributed by atoms with van der Waals surface area (Å²) in [6.45, 7) is 7.67. The number of fused-ring (bicyclic) bond motifs is 1. The van der Waals surface area contributed by atoms with Gasteiger partial charge in [0, 0.05) is 39.2 Å². The number of carbonyl (C=O) groups excluding carboxylic acids is 1. The van der Waals surface area contributed by atoms with E-state index >= 15 is 0 Å². The van der Waals surface area contributed by atoms with Crippen LogP contribution in [0.5, 0.6) is 0 Å². The number of aromatic nitrogens is 5. The predicted molar refractivity (Wildman–Crippen MR) is 123 cm³/mol. The number of rotatable bonds is 10.